The molecule has 0 aliphatic carbocycles. The molecule has 0 aliphatic heterocycles. The number of aryl methyl sites for hydroxylation is 1. The molecule has 3 aromatic rings. The summed E-state index contributed by atoms with van der Waals surface area (Å²) < 4.78 is 0. The van der Waals surface area contributed by atoms with E-state index in [9.17, 15) is 9.59 Å². The second-order valence-electron chi connectivity index (χ2n) is 7.01. The topological polar surface area (TPSA) is 85.9 Å². The highest BCUT2D eigenvalue weighted by Crippen LogP contribution is 2.30. The molecule has 0 radical (unpaired) electrons. The quantitative estimate of drug-likeness (QED) is 0.375. The van der Waals surface area contributed by atoms with E-state index in [1.54, 1.807) is 11.8 Å². The summed E-state index contributed by atoms with van der Waals surface area (Å²) in [6.45, 7) is 1.96. The Hall–Kier alpha value is -2.89. The second-order valence-corrected chi connectivity index (χ2v) is 8.06. The molecule has 0 aliphatic rings. The fourth-order valence-corrected chi connectivity index (χ4v) is 4.27. The Kier molecular flexibility index (Phi) is 8.84. The maximum absolute atomic E-state index is 13.3. The number of ketones is 1. The van der Waals surface area contributed by atoms with Crippen molar-refractivity contribution in [2.45, 2.75) is 36.3 Å². The van der Waals surface area contributed by atoms with Gasteiger partial charge in [-0.25, -0.2) is 0 Å². The van der Waals surface area contributed by atoms with Crippen molar-refractivity contribution in [1.29, 1.82) is 0 Å². The Morgan fingerprint density at radius 3 is 2.33 bits per heavy atom. The van der Waals surface area contributed by atoms with Gasteiger partial charge >= 0.3 is 5.97 Å². The van der Waals surface area contributed by atoms with Crippen LogP contribution in [-0.4, -0.2) is 22.3 Å². The smallest absolute Gasteiger partial charge is 0.303 e. The average molecular weight is 423 g/mol. The van der Waals surface area contributed by atoms with Gasteiger partial charge in [0.25, 0.3) is 0 Å². The lowest BCUT2D eigenvalue weighted by Gasteiger charge is -2.18. The van der Waals surface area contributed by atoms with Crippen LogP contribution in [-0.2, 0) is 10.5 Å². The lowest BCUT2D eigenvalue weighted by Crippen LogP contribution is -2.16. The van der Waals surface area contributed by atoms with Crippen molar-refractivity contribution < 1.29 is 20.2 Å². The molecule has 0 amide bonds. The summed E-state index contributed by atoms with van der Waals surface area (Å²) in [7, 11) is 0. The number of hydrogen-bond donors (Lipinski definition) is 1. The van der Waals surface area contributed by atoms with Crippen LogP contribution in [0.5, 0.6) is 0 Å². The molecule has 30 heavy (non-hydrogen) atoms. The highest BCUT2D eigenvalue weighted by atomic mass is 32.2. The van der Waals surface area contributed by atoms with E-state index in [4.69, 9.17) is 5.11 Å². The van der Waals surface area contributed by atoms with Gasteiger partial charge in [-0.05, 0) is 42.2 Å². The van der Waals surface area contributed by atoms with Crippen LogP contribution in [0.2, 0.25) is 0 Å². The zero-order valence-corrected chi connectivity index (χ0v) is 17.7. The number of aliphatic carboxylic acids is 1. The zero-order chi connectivity index (χ0) is 20.6. The molecule has 0 saturated carbocycles. The Bertz CT molecular complexity index is 985. The summed E-state index contributed by atoms with van der Waals surface area (Å²) >= 11 is 1.69. The van der Waals surface area contributed by atoms with E-state index in [0.717, 1.165) is 21.8 Å². The van der Waals surface area contributed by atoms with E-state index in [1.807, 2.05) is 73.7 Å². The van der Waals surface area contributed by atoms with Crippen molar-refractivity contribution >= 4 is 23.5 Å². The molecule has 1 unspecified atom stereocenters. The SMILES string of the molecule is Cc1ccccc1C(CCC(=O)O)C(=O)c1cccc(SCc2ccccc2)c1.O. The molecule has 0 fully saturated rings. The predicted octanol–water partition coefficient (Wildman–Crippen LogP) is 5.29. The fraction of sp³-hybridized carbons (Fsp3) is 0.200. The largest absolute Gasteiger partial charge is 0.481 e. The zero-order valence-electron chi connectivity index (χ0n) is 16.9. The molecule has 0 bridgehead atoms. The van der Waals surface area contributed by atoms with Crippen LogP contribution in [0.4, 0.5) is 0 Å². The fourth-order valence-electron chi connectivity index (χ4n) is 3.35. The van der Waals surface area contributed by atoms with Crippen LogP contribution in [0, 0.1) is 6.92 Å². The average Bonchev–Trinajstić information content (AvgIpc) is 2.74. The third-order valence-electron chi connectivity index (χ3n) is 4.89. The van der Waals surface area contributed by atoms with Crippen molar-refractivity contribution in [3.05, 3.63) is 101 Å². The first kappa shape index (κ1) is 23.4. The first-order valence-electron chi connectivity index (χ1n) is 9.63. The molecule has 4 nitrogen and oxygen atoms in total. The van der Waals surface area contributed by atoms with Crippen molar-refractivity contribution in [3.8, 4) is 0 Å². The summed E-state index contributed by atoms with van der Waals surface area (Å²) in [4.78, 5) is 25.5. The van der Waals surface area contributed by atoms with Gasteiger partial charge in [-0.1, -0.05) is 66.7 Å². The predicted molar refractivity (Wildman–Crippen MR) is 121 cm³/mol. The number of thioether (sulfide) groups is 1. The minimum atomic E-state index is -0.886. The minimum absolute atomic E-state index is 0. The number of carboxylic acid groups (broad SMARTS) is 1. The molecule has 3 N–H and O–H groups in total. The molecule has 5 heteroatoms. The lowest BCUT2D eigenvalue weighted by atomic mass is 9.85. The van der Waals surface area contributed by atoms with Crippen LogP contribution in [0.1, 0.15) is 45.8 Å². The van der Waals surface area contributed by atoms with Crippen LogP contribution < -0.4 is 0 Å². The number of hydrogen-bond acceptors (Lipinski definition) is 3. The van der Waals surface area contributed by atoms with E-state index in [2.05, 4.69) is 12.1 Å². The number of carbonyl (C=O) groups excluding carboxylic acids is 1. The summed E-state index contributed by atoms with van der Waals surface area (Å²) in [6.07, 6.45) is 0.258. The van der Waals surface area contributed by atoms with Crippen molar-refractivity contribution in [3.63, 3.8) is 0 Å². The van der Waals surface area contributed by atoms with Gasteiger partial charge in [0.15, 0.2) is 5.78 Å². The molecule has 1 atom stereocenters. The number of carbonyl (C=O) groups is 2. The third kappa shape index (κ3) is 6.31. The summed E-state index contributed by atoms with van der Waals surface area (Å²) in [5.41, 5.74) is 3.77. The summed E-state index contributed by atoms with van der Waals surface area (Å²) in [5, 5.41) is 9.14. The Labute approximate surface area is 181 Å². The molecule has 0 aromatic heterocycles. The molecule has 3 aromatic carbocycles. The lowest BCUT2D eigenvalue weighted by molar-refractivity contribution is -0.137. The van der Waals surface area contributed by atoms with Gasteiger partial charge in [0.1, 0.15) is 0 Å². The molecule has 3 rings (SSSR count). The van der Waals surface area contributed by atoms with Gasteiger partial charge in [0, 0.05) is 28.6 Å². The van der Waals surface area contributed by atoms with Crippen LogP contribution in [0.3, 0.4) is 0 Å². The first-order valence-corrected chi connectivity index (χ1v) is 10.6. The Morgan fingerprint density at radius 2 is 1.63 bits per heavy atom. The van der Waals surface area contributed by atoms with E-state index >= 15 is 0 Å². The number of benzene rings is 3. The number of Topliss-reactive ketones (excluding diaryl/α,β-unsaturated/α-hetero) is 1. The standard InChI is InChI=1S/C25H24O3S.H2O/c1-18-8-5-6-13-22(18)23(14-15-24(26)27)25(28)20-11-7-12-21(16-20)29-17-19-9-3-2-4-10-19;/h2-13,16,23H,14-15,17H2,1H3,(H,26,27);1H2. The molecule has 0 saturated heterocycles. The minimum Gasteiger partial charge on any atom is -0.481 e. The van der Waals surface area contributed by atoms with Crippen LogP contribution >= 0.6 is 11.8 Å². The molecular weight excluding hydrogens is 396 g/mol. The first-order chi connectivity index (χ1) is 14.0. The maximum atomic E-state index is 13.3. The second kappa shape index (κ2) is 11.3. The van der Waals surface area contributed by atoms with Crippen molar-refractivity contribution in [1.82, 2.24) is 0 Å². The summed E-state index contributed by atoms with van der Waals surface area (Å²) in [5.74, 6) is -0.536. The molecule has 0 spiro atoms. The monoisotopic (exact) mass is 422 g/mol. The number of carboxylic acids is 1. The van der Waals surface area contributed by atoms with Crippen molar-refractivity contribution in [2.75, 3.05) is 0 Å². The van der Waals surface area contributed by atoms with Crippen LogP contribution in [0.25, 0.3) is 0 Å². The normalized spacial score (nSPS) is 11.4. The van der Waals surface area contributed by atoms with Gasteiger partial charge in [0.05, 0.1) is 0 Å². The highest BCUT2D eigenvalue weighted by Gasteiger charge is 2.24. The van der Waals surface area contributed by atoms with Gasteiger partial charge in [-0.2, -0.15) is 0 Å². The Balaban J connectivity index is 0.00000320. The number of rotatable bonds is 9. The molecule has 0 heterocycles. The maximum Gasteiger partial charge on any atom is 0.303 e. The van der Waals surface area contributed by atoms with Crippen molar-refractivity contribution in [2.24, 2.45) is 0 Å². The van der Waals surface area contributed by atoms with Gasteiger partial charge < -0.3 is 10.6 Å². The molecular formula is C25H26O4S. The van der Waals surface area contributed by atoms with E-state index < -0.39 is 11.9 Å². The third-order valence-corrected chi connectivity index (χ3v) is 5.96. The Morgan fingerprint density at radius 1 is 0.933 bits per heavy atom. The molecule has 156 valence electrons. The van der Waals surface area contributed by atoms with E-state index in [-0.39, 0.29) is 17.7 Å². The van der Waals surface area contributed by atoms with Crippen LogP contribution in [0.15, 0.2) is 83.8 Å². The van der Waals surface area contributed by atoms with Gasteiger partial charge in [0.2, 0.25) is 0 Å². The van der Waals surface area contributed by atoms with Gasteiger partial charge in [-0.15, -0.1) is 11.8 Å². The highest BCUT2D eigenvalue weighted by molar-refractivity contribution is 7.98. The van der Waals surface area contributed by atoms with Gasteiger partial charge in [-0.3, -0.25) is 9.59 Å². The summed E-state index contributed by atoms with van der Waals surface area (Å²) in [6, 6.07) is 25.6. The van der Waals surface area contributed by atoms with E-state index in [0.29, 0.717) is 12.0 Å². The van der Waals surface area contributed by atoms with E-state index in [1.165, 1.54) is 5.56 Å².